The molecule has 2 aromatic rings. The van der Waals surface area contributed by atoms with Crippen molar-refractivity contribution in [1.29, 1.82) is 0 Å². The van der Waals surface area contributed by atoms with Crippen LogP contribution in [0, 0.1) is 0 Å². The first-order chi connectivity index (χ1) is 11.8. The van der Waals surface area contributed by atoms with Crippen LogP contribution >= 0.6 is 0 Å². The second-order valence-corrected chi connectivity index (χ2v) is 6.37. The number of amides is 1. The van der Waals surface area contributed by atoms with E-state index in [2.05, 4.69) is 32.0 Å². The number of hydrogen-bond acceptors (Lipinski definition) is 4. The molecule has 1 aromatic heterocycles. The van der Waals surface area contributed by atoms with Crippen molar-refractivity contribution in [2.75, 3.05) is 45.8 Å². The SMILES string of the molecule is CCN1CCN(CCCCNC(=O)c2ccc3nc[nH]c3c2)CC1. The first-order valence-corrected chi connectivity index (χ1v) is 8.92. The molecule has 6 heteroatoms. The molecule has 0 unspecified atom stereocenters. The predicted octanol–water partition coefficient (Wildman–Crippen LogP) is 1.71. The van der Waals surface area contributed by atoms with Crippen LogP contribution < -0.4 is 5.32 Å². The first kappa shape index (κ1) is 16.9. The Kier molecular flexibility index (Phi) is 5.82. The normalized spacial score (nSPS) is 16.5. The van der Waals surface area contributed by atoms with Crippen LogP contribution in [0.4, 0.5) is 0 Å². The van der Waals surface area contributed by atoms with Crippen molar-refractivity contribution >= 4 is 16.9 Å². The Balaban J connectivity index is 1.33. The number of aromatic nitrogens is 2. The van der Waals surface area contributed by atoms with Crippen molar-refractivity contribution in [2.45, 2.75) is 19.8 Å². The van der Waals surface area contributed by atoms with Gasteiger partial charge in [-0.05, 0) is 44.1 Å². The Bertz CT molecular complexity index is 660. The largest absolute Gasteiger partial charge is 0.352 e. The number of piperazine rings is 1. The molecule has 3 rings (SSSR count). The molecule has 0 saturated carbocycles. The standard InChI is InChI=1S/C18H27N5O/c1-2-22-9-11-23(12-10-22)8-4-3-7-19-18(24)15-5-6-16-17(13-15)21-14-20-16/h5-6,13-14H,2-4,7-12H2,1H3,(H,19,24)(H,20,21). The van der Waals surface area contributed by atoms with Gasteiger partial charge in [-0.1, -0.05) is 6.92 Å². The number of aromatic amines is 1. The van der Waals surface area contributed by atoms with Gasteiger partial charge >= 0.3 is 0 Å². The lowest BCUT2D eigenvalue weighted by atomic mass is 10.2. The maximum absolute atomic E-state index is 12.2. The van der Waals surface area contributed by atoms with Crippen LogP contribution in [0.25, 0.3) is 11.0 Å². The molecule has 0 radical (unpaired) electrons. The Morgan fingerprint density at radius 3 is 2.79 bits per heavy atom. The Hall–Kier alpha value is -1.92. The summed E-state index contributed by atoms with van der Waals surface area (Å²) in [6, 6.07) is 5.55. The number of hydrogen-bond donors (Lipinski definition) is 2. The molecule has 0 atom stereocenters. The van der Waals surface area contributed by atoms with Gasteiger partial charge in [-0.2, -0.15) is 0 Å². The van der Waals surface area contributed by atoms with E-state index in [4.69, 9.17) is 0 Å². The predicted molar refractivity (Wildman–Crippen MR) is 96.2 cm³/mol. The molecule has 24 heavy (non-hydrogen) atoms. The van der Waals surface area contributed by atoms with E-state index in [1.807, 2.05) is 18.2 Å². The maximum Gasteiger partial charge on any atom is 0.251 e. The van der Waals surface area contributed by atoms with Gasteiger partial charge in [0, 0.05) is 38.3 Å². The number of unbranched alkanes of at least 4 members (excludes halogenated alkanes) is 1. The van der Waals surface area contributed by atoms with Crippen LogP contribution in [-0.2, 0) is 0 Å². The molecule has 130 valence electrons. The van der Waals surface area contributed by atoms with Gasteiger partial charge in [0.1, 0.15) is 0 Å². The molecule has 6 nitrogen and oxygen atoms in total. The third kappa shape index (κ3) is 4.33. The van der Waals surface area contributed by atoms with E-state index in [-0.39, 0.29) is 5.91 Å². The van der Waals surface area contributed by atoms with Crippen LogP contribution in [0.3, 0.4) is 0 Å². The van der Waals surface area contributed by atoms with E-state index in [1.165, 1.54) is 26.2 Å². The fourth-order valence-corrected chi connectivity index (χ4v) is 3.17. The zero-order valence-corrected chi connectivity index (χ0v) is 14.4. The number of fused-ring (bicyclic) bond motifs is 1. The molecule has 0 bridgehead atoms. The molecule has 0 spiro atoms. The molecule has 1 fully saturated rings. The second kappa shape index (κ2) is 8.26. The first-order valence-electron chi connectivity index (χ1n) is 8.92. The average Bonchev–Trinajstić information content (AvgIpc) is 3.09. The van der Waals surface area contributed by atoms with E-state index in [0.29, 0.717) is 5.56 Å². The lowest BCUT2D eigenvalue weighted by Gasteiger charge is -2.33. The van der Waals surface area contributed by atoms with Crippen molar-refractivity contribution in [3.8, 4) is 0 Å². The Labute approximate surface area is 143 Å². The number of carbonyl (C=O) groups excluding carboxylic acids is 1. The van der Waals surface area contributed by atoms with Gasteiger partial charge < -0.3 is 20.1 Å². The summed E-state index contributed by atoms with van der Waals surface area (Å²) >= 11 is 0. The zero-order valence-electron chi connectivity index (χ0n) is 14.4. The lowest BCUT2D eigenvalue weighted by Crippen LogP contribution is -2.46. The van der Waals surface area contributed by atoms with Crippen LogP contribution in [0.5, 0.6) is 0 Å². The highest BCUT2D eigenvalue weighted by atomic mass is 16.1. The van der Waals surface area contributed by atoms with Gasteiger partial charge in [0.15, 0.2) is 0 Å². The topological polar surface area (TPSA) is 64.3 Å². The minimum absolute atomic E-state index is 0.0111. The summed E-state index contributed by atoms with van der Waals surface area (Å²) in [7, 11) is 0. The van der Waals surface area contributed by atoms with E-state index >= 15 is 0 Å². The lowest BCUT2D eigenvalue weighted by molar-refractivity contribution is 0.0951. The molecule has 1 aliphatic rings. The second-order valence-electron chi connectivity index (χ2n) is 6.37. The Morgan fingerprint density at radius 1 is 1.21 bits per heavy atom. The van der Waals surface area contributed by atoms with Crippen LogP contribution in [-0.4, -0.2) is 71.5 Å². The van der Waals surface area contributed by atoms with Crippen molar-refractivity contribution in [1.82, 2.24) is 25.1 Å². The van der Waals surface area contributed by atoms with Crippen LogP contribution in [0.2, 0.25) is 0 Å². The highest BCUT2D eigenvalue weighted by Crippen LogP contribution is 2.11. The Morgan fingerprint density at radius 2 is 2.00 bits per heavy atom. The van der Waals surface area contributed by atoms with Gasteiger partial charge in [-0.25, -0.2) is 4.98 Å². The maximum atomic E-state index is 12.2. The number of likely N-dealkylation sites (N-methyl/N-ethyl adjacent to an activating group) is 1. The molecule has 0 aliphatic carbocycles. The van der Waals surface area contributed by atoms with E-state index in [0.717, 1.165) is 43.5 Å². The summed E-state index contributed by atoms with van der Waals surface area (Å²) in [6.45, 7) is 9.95. The van der Waals surface area contributed by atoms with Gasteiger partial charge in [0.25, 0.3) is 5.91 Å². The number of nitrogens with one attached hydrogen (secondary N) is 2. The van der Waals surface area contributed by atoms with Crippen molar-refractivity contribution in [2.24, 2.45) is 0 Å². The fourth-order valence-electron chi connectivity index (χ4n) is 3.17. The third-order valence-electron chi connectivity index (χ3n) is 4.78. The van der Waals surface area contributed by atoms with Gasteiger partial charge in [-0.3, -0.25) is 4.79 Å². The van der Waals surface area contributed by atoms with Gasteiger partial charge in [0.2, 0.25) is 0 Å². The minimum atomic E-state index is -0.0111. The highest BCUT2D eigenvalue weighted by molar-refractivity contribution is 5.97. The van der Waals surface area contributed by atoms with Crippen LogP contribution in [0.1, 0.15) is 30.1 Å². The number of imidazole rings is 1. The molecule has 1 aromatic carbocycles. The molecule has 1 amide bonds. The smallest absolute Gasteiger partial charge is 0.251 e. The summed E-state index contributed by atoms with van der Waals surface area (Å²) < 4.78 is 0. The summed E-state index contributed by atoms with van der Waals surface area (Å²) in [6.07, 6.45) is 3.80. The summed E-state index contributed by atoms with van der Waals surface area (Å²) in [5.41, 5.74) is 2.46. The molecule has 1 saturated heterocycles. The third-order valence-corrected chi connectivity index (χ3v) is 4.78. The fraction of sp³-hybridized carbons (Fsp3) is 0.556. The van der Waals surface area contributed by atoms with E-state index < -0.39 is 0 Å². The molecule has 2 N–H and O–H groups in total. The van der Waals surface area contributed by atoms with Gasteiger partial charge in [-0.15, -0.1) is 0 Å². The van der Waals surface area contributed by atoms with Gasteiger partial charge in [0.05, 0.1) is 17.4 Å². The number of carbonyl (C=O) groups is 1. The molecule has 2 heterocycles. The van der Waals surface area contributed by atoms with Crippen molar-refractivity contribution < 1.29 is 4.79 Å². The number of rotatable bonds is 7. The number of benzene rings is 1. The average molecular weight is 329 g/mol. The monoisotopic (exact) mass is 329 g/mol. The summed E-state index contributed by atoms with van der Waals surface area (Å²) in [5, 5.41) is 3.01. The summed E-state index contributed by atoms with van der Waals surface area (Å²) in [4.78, 5) is 24.4. The molecular formula is C18H27N5O. The van der Waals surface area contributed by atoms with Crippen LogP contribution in [0.15, 0.2) is 24.5 Å². The molecular weight excluding hydrogens is 302 g/mol. The van der Waals surface area contributed by atoms with E-state index in [1.54, 1.807) is 6.33 Å². The zero-order chi connectivity index (χ0) is 16.8. The number of H-pyrrole nitrogens is 1. The highest BCUT2D eigenvalue weighted by Gasteiger charge is 2.14. The quantitative estimate of drug-likeness (QED) is 0.759. The number of nitrogens with zero attached hydrogens (tertiary/aromatic N) is 3. The van der Waals surface area contributed by atoms with Crippen molar-refractivity contribution in [3.05, 3.63) is 30.1 Å². The molecule has 1 aliphatic heterocycles. The summed E-state index contributed by atoms with van der Waals surface area (Å²) in [5.74, 6) is -0.0111. The van der Waals surface area contributed by atoms with E-state index in [9.17, 15) is 4.79 Å². The minimum Gasteiger partial charge on any atom is -0.352 e. The van der Waals surface area contributed by atoms with Crippen molar-refractivity contribution in [3.63, 3.8) is 0 Å².